The molecular formula is C8H15Cl5O3Si. The van der Waals surface area contributed by atoms with E-state index in [2.05, 4.69) is 0 Å². The largest absolute Gasteiger partial charge is 0.502 e. The summed E-state index contributed by atoms with van der Waals surface area (Å²) in [6.07, 6.45) is 0. The number of hydrogen-bond donors (Lipinski definition) is 0. The van der Waals surface area contributed by atoms with Gasteiger partial charge in [0.2, 0.25) is 3.79 Å². The van der Waals surface area contributed by atoms with Crippen LogP contribution in [0.1, 0.15) is 20.8 Å². The highest BCUT2D eigenvalue weighted by Gasteiger charge is 2.55. The zero-order chi connectivity index (χ0) is 13.7. The molecule has 0 amide bonds. The van der Waals surface area contributed by atoms with E-state index in [1.165, 1.54) is 0 Å². The van der Waals surface area contributed by atoms with Gasteiger partial charge in [-0.05, 0) is 13.8 Å². The van der Waals surface area contributed by atoms with E-state index >= 15 is 0 Å². The van der Waals surface area contributed by atoms with Gasteiger partial charge in [-0.2, -0.15) is 0 Å². The predicted molar refractivity (Wildman–Crippen MR) is 75.3 cm³/mol. The van der Waals surface area contributed by atoms with Gasteiger partial charge in [-0.15, -0.1) is 0 Å². The van der Waals surface area contributed by atoms with Crippen molar-refractivity contribution in [3.05, 3.63) is 0 Å². The number of alkyl halides is 5. The van der Waals surface area contributed by atoms with Crippen LogP contribution in [0, 0.1) is 0 Å². The molecule has 0 rings (SSSR count). The van der Waals surface area contributed by atoms with Gasteiger partial charge >= 0.3 is 8.80 Å². The van der Waals surface area contributed by atoms with Crippen molar-refractivity contribution in [2.75, 3.05) is 13.2 Å². The van der Waals surface area contributed by atoms with E-state index in [-0.39, 0.29) is 0 Å². The van der Waals surface area contributed by atoms with Gasteiger partial charge in [0.05, 0.1) is 0 Å². The molecule has 0 unspecified atom stereocenters. The Labute approximate surface area is 128 Å². The summed E-state index contributed by atoms with van der Waals surface area (Å²) in [6.45, 7) is 6.23. The molecule has 0 saturated carbocycles. The van der Waals surface area contributed by atoms with Gasteiger partial charge in [-0.25, -0.2) is 0 Å². The average Bonchev–Trinajstić information content (AvgIpc) is 2.16. The molecule has 0 spiro atoms. The summed E-state index contributed by atoms with van der Waals surface area (Å²) >= 11 is 28.7. The molecule has 17 heavy (non-hydrogen) atoms. The lowest BCUT2D eigenvalue weighted by Gasteiger charge is -2.36. The molecule has 0 aliphatic heterocycles. The van der Waals surface area contributed by atoms with Gasteiger partial charge < -0.3 is 13.3 Å². The zero-order valence-corrected chi connectivity index (χ0v) is 14.5. The Bertz CT molecular complexity index is 228. The molecule has 0 saturated heterocycles. The molecule has 9 heteroatoms. The smallest absolute Gasteiger partial charge is 0.374 e. The van der Waals surface area contributed by atoms with E-state index in [9.17, 15) is 0 Å². The molecule has 0 atom stereocenters. The third-order valence-corrected chi connectivity index (χ3v) is 7.07. The van der Waals surface area contributed by atoms with Crippen molar-refractivity contribution < 1.29 is 13.3 Å². The van der Waals surface area contributed by atoms with Crippen molar-refractivity contribution in [2.45, 2.75) is 35.1 Å². The lowest BCUT2D eigenvalue weighted by atomic mass is 10.8. The van der Waals surface area contributed by atoms with E-state index in [0.717, 1.165) is 0 Å². The summed E-state index contributed by atoms with van der Waals surface area (Å²) in [5.74, 6) is 0. The topological polar surface area (TPSA) is 27.7 Å². The van der Waals surface area contributed by atoms with Crippen LogP contribution < -0.4 is 0 Å². The first-order valence-electron chi connectivity index (χ1n) is 5.06. The van der Waals surface area contributed by atoms with Crippen LogP contribution in [-0.2, 0) is 13.3 Å². The molecule has 3 nitrogen and oxygen atoms in total. The molecule has 0 N–H and O–H groups in total. The van der Waals surface area contributed by atoms with Crippen molar-refractivity contribution in [1.29, 1.82) is 0 Å². The van der Waals surface area contributed by atoms with Crippen LogP contribution in [0.15, 0.2) is 0 Å². The van der Waals surface area contributed by atoms with Gasteiger partial charge in [0.25, 0.3) is 4.52 Å². The molecule has 0 heterocycles. The number of hydrogen-bond acceptors (Lipinski definition) is 3. The van der Waals surface area contributed by atoms with Crippen LogP contribution in [0.5, 0.6) is 0 Å². The highest BCUT2D eigenvalue weighted by Crippen LogP contribution is 2.48. The van der Waals surface area contributed by atoms with Crippen LogP contribution in [-0.4, -0.2) is 30.3 Å². The minimum Gasteiger partial charge on any atom is -0.374 e. The number of rotatable bonds is 7. The first-order chi connectivity index (χ1) is 7.64. The second-order valence-electron chi connectivity index (χ2n) is 3.02. The predicted octanol–water partition coefficient (Wildman–Crippen LogP) is 4.54. The molecule has 0 aromatic carbocycles. The molecule has 0 aliphatic rings. The quantitative estimate of drug-likeness (QED) is 0.490. The Morgan fingerprint density at radius 3 is 1.53 bits per heavy atom. The average molecular weight is 365 g/mol. The molecular weight excluding hydrogens is 349 g/mol. The van der Waals surface area contributed by atoms with Crippen molar-refractivity contribution >= 4 is 66.8 Å². The fourth-order valence-corrected chi connectivity index (χ4v) is 4.26. The van der Waals surface area contributed by atoms with Crippen LogP contribution >= 0.6 is 58.0 Å². The van der Waals surface area contributed by atoms with Gasteiger partial charge in [-0.1, -0.05) is 64.9 Å². The molecule has 0 bridgehead atoms. The second kappa shape index (κ2) is 7.36. The molecule has 0 fully saturated rings. The van der Waals surface area contributed by atoms with Crippen molar-refractivity contribution in [1.82, 2.24) is 0 Å². The highest BCUT2D eigenvalue weighted by molar-refractivity contribution is 6.76. The maximum Gasteiger partial charge on any atom is 0.502 e. The van der Waals surface area contributed by atoms with Gasteiger partial charge in [0.1, 0.15) is 0 Å². The first kappa shape index (κ1) is 18.5. The molecule has 0 radical (unpaired) electrons. The summed E-state index contributed by atoms with van der Waals surface area (Å²) in [4.78, 5) is 0. The summed E-state index contributed by atoms with van der Waals surface area (Å²) < 4.78 is 12.4. The Hall–Kier alpha value is 1.55. The van der Waals surface area contributed by atoms with E-state index in [1.54, 1.807) is 13.8 Å². The maximum atomic E-state index is 5.87. The van der Waals surface area contributed by atoms with E-state index in [1.807, 2.05) is 6.92 Å². The summed E-state index contributed by atoms with van der Waals surface area (Å²) in [5, 5.41) is 0. The standard InChI is InChI=1S/C8H15Cl5O3Si/c1-4-14-17(6-3,15-5-2)16-8(12,13)7(9,10)11/h4-6H2,1-3H3. The summed E-state index contributed by atoms with van der Waals surface area (Å²) in [6, 6.07) is 0.469. The van der Waals surface area contributed by atoms with Crippen LogP contribution in [0.2, 0.25) is 6.04 Å². The Kier molecular flexibility index (Phi) is 8.03. The van der Waals surface area contributed by atoms with Crippen LogP contribution in [0.4, 0.5) is 0 Å². The first-order valence-corrected chi connectivity index (χ1v) is 8.89. The van der Waals surface area contributed by atoms with Crippen molar-refractivity contribution in [2.24, 2.45) is 0 Å². The monoisotopic (exact) mass is 362 g/mol. The lowest BCUT2D eigenvalue weighted by molar-refractivity contribution is 0.0460. The Balaban J connectivity index is 4.96. The zero-order valence-electron chi connectivity index (χ0n) is 9.74. The maximum absolute atomic E-state index is 5.87. The minimum atomic E-state index is -3.03. The van der Waals surface area contributed by atoms with Gasteiger partial charge in [0.15, 0.2) is 0 Å². The fraction of sp³-hybridized carbons (Fsp3) is 1.00. The summed E-state index contributed by atoms with van der Waals surface area (Å²) in [7, 11) is -3.03. The van der Waals surface area contributed by atoms with Crippen molar-refractivity contribution in [3.63, 3.8) is 0 Å². The van der Waals surface area contributed by atoms with Crippen molar-refractivity contribution in [3.8, 4) is 0 Å². The Morgan fingerprint density at radius 1 is 0.882 bits per heavy atom. The van der Waals surface area contributed by atoms with Crippen LogP contribution in [0.25, 0.3) is 0 Å². The highest BCUT2D eigenvalue weighted by atomic mass is 35.6. The summed E-state index contributed by atoms with van der Waals surface area (Å²) in [5.41, 5.74) is 0. The van der Waals surface area contributed by atoms with Gasteiger partial charge in [0, 0.05) is 19.3 Å². The molecule has 0 aromatic heterocycles. The second-order valence-corrected chi connectivity index (χ2v) is 9.41. The van der Waals surface area contributed by atoms with Gasteiger partial charge in [-0.3, -0.25) is 0 Å². The third kappa shape index (κ3) is 5.59. The lowest BCUT2D eigenvalue weighted by Crippen LogP contribution is -2.53. The van der Waals surface area contributed by atoms with E-state index < -0.39 is 17.1 Å². The minimum absolute atomic E-state index is 0.393. The number of halogens is 5. The molecule has 0 aromatic rings. The SMILES string of the molecule is CCO[Si](CC)(OCC)OC(Cl)(Cl)C(Cl)(Cl)Cl. The van der Waals surface area contributed by atoms with Crippen LogP contribution in [0.3, 0.4) is 0 Å². The Morgan fingerprint density at radius 2 is 1.29 bits per heavy atom. The fourth-order valence-electron chi connectivity index (χ4n) is 1.07. The van der Waals surface area contributed by atoms with E-state index in [0.29, 0.717) is 19.3 Å². The normalized spacial score (nSPS) is 14.1. The third-order valence-electron chi connectivity index (χ3n) is 1.78. The van der Waals surface area contributed by atoms with E-state index in [4.69, 9.17) is 71.3 Å². The molecule has 0 aliphatic carbocycles. The molecule has 104 valence electrons.